The van der Waals surface area contributed by atoms with Gasteiger partial charge in [0.25, 0.3) is 0 Å². The number of nitrogens with zero attached hydrogens (tertiary/aromatic N) is 2. The molecule has 0 bridgehead atoms. The highest BCUT2D eigenvalue weighted by Crippen LogP contribution is 2.30. The lowest BCUT2D eigenvalue weighted by Gasteiger charge is -2.31. The van der Waals surface area contributed by atoms with E-state index in [2.05, 4.69) is 26.9 Å². The molecule has 1 amide bonds. The Morgan fingerprint density at radius 1 is 1.25 bits per heavy atom. The number of aromatic nitrogens is 1. The van der Waals surface area contributed by atoms with Crippen molar-refractivity contribution < 1.29 is 23.0 Å². The third-order valence-electron chi connectivity index (χ3n) is 5.29. The number of benzene rings is 1. The third kappa shape index (κ3) is 6.93. The molecule has 0 saturated carbocycles. The zero-order chi connectivity index (χ0) is 22.9. The van der Waals surface area contributed by atoms with Crippen LogP contribution in [0, 0.1) is 5.92 Å². The van der Waals surface area contributed by atoms with Gasteiger partial charge >= 0.3 is 6.61 Å². The van der Waals surface area contributed by atoms with Crippen LogP contribution in [0.5, 0.6) is 11.5 Å². The van der Waals surface area contributed by atoms with Gasteiger partial charge in [0.15, 0.2) is 11.5 Å². The summed E-state index contributed by atoms with van der Waals surface area (Å²) in [6, 6.07) is 8.49. The second-order valence-corrected chi connectivity index (χ2v) is 7.76. The van der Waals surface area contributed by atoms with Crippen LogP contribution in [0.4, 0.5) is 14.6 Å². The molecule has 1 aliphatic rings. The highest BCUT2D eigenvalue weighted by molar-refractivity contribution is 5.91. The maximum atomic E-state index is 12.5. The minimum absolute atomic E-state index is 0.0431. The van der Waals surface area contributed by atoms with Crippen molar-refractivity contribution in [2.75, 3.05) is 24.6 Å². The molecule has 0 unspecified atom stereocenters. The summed E-state index contributed by atoms with van der Waals surface area (Å²) < 4.78 is 34.8. The Bertz CT molecular complexity index is 911. The molecule has 0 aliphatic carbocycles. The molecule has 1 aromatic heterocycles. The van der Waals surface area contributed by atoms with Gasteiger partial charge in [-0.3, -0.25) is 4.79 Å². The van der Waals surface area contributed by atoms with E-state index >= 15 is 0 Å². The van der Waals surface area contributed by atoms with Crippen molar-refractivity contribution >= 4 is 17.8 Å². The Morgan fingerprint density at radius 3 is 2.69 bits per heavy atom. The monoisotopic (exact) mass is 445 g/mol. The predicted molar refractivity (Wildman–Crippen MR) is 120 cm³/mol. The Hall–Kier alpha value is -3.16. The highest BCUT2D eigenvalue weighted by atomic mass is 19.3. The lowest BCUT2D eigenvalue weighted by molar-refractivity contribution is -0.116. The first-order valence-corrected chi connectivity index (χ1v) is 10.8. The second-order valence-electron chi connectivity index (χ2n) is 7.76. The molecule has 1 N–H and O–H groups in total. The normalized spacial score (nSPS) is 14.7. The summed E-state index contributed by atoms with van der Waals surface area (Å²) in [6.07, 6.45) is 7.12. The van der Waals surface area contributed by atoms with Gasteiger partial charge in [0.2, 0.25) is 5.91 Å². The van der Waals surface area contributed by atoms with Gasteiger partial charge in [0.05, 0.1) is 6.61 Å². The van der Waals surface area contributed by atoms with Gasteiger partial charge in [0.1, 0.15) is 5.82 Å². The second kappa shape index (κ2) is 11.5. The number of hydrogen-bond acceptors (Lipinski definition) is 5. The highest BCUT2D eigenvalue weighted by Gasteiger charge is 2.16. The smallest absolute Gasteiger partial charge is 0.387 e. The molecular formula is C24H29F2N3O3. The molecule has 0 atom stereocenters. The van der Waals surface area contributed by atoms with Crippen molar-refractivity contribution in [3.05, 3.63) is 53.7 Å². The SMILES string of the molecule is CCOc1cc(/C=C/C(=O)NCc2ccc(N3CCC(C)CC3)nc2)ccc1OC(F)F. The van der Waals surface area contributed by atoms with Crippen molar-refractivity contribution in [2.24, 2.45) is 5.92 Å². The predicted octanol–water partition coefficient (Wildman–Crippen LogP) is 4.65. The van der Waals surface area contributed by atoms with Crippen LogP contribution in [0.2, 0.25) is 0 Å². The molecule has 2 aromatic rings. The summed E-state index contributed by atoms with van der Waals surface area (Å²) in [6.45, 7) is 3.80. The molecule has 32 heavy (non-hydrogen) atoms. The van der Waals surface area contributed by atoms with E-state index in [1.165, 1.54) is 25.0 Å². The van der Waals surface area contributed by atoms with Gasteiger partial charge in [0, 0.05) is 31.9 Å². The average Bonchev–Trinajstić information content (AvgIpc) is 2.78. The molecular weight excluding hydrogens is 416 g/mol. The number of piperidine rings is 1. The lowest BCUT2D eigenvalue weighted by atomic mass is 9.99. The van der Waals surface area contributed by atoms with Crippen LogP contribution >= 0.6 is 0 Å². The number of carbonyl (C=O) groups is 1. The minimum Gasteiger partial charge on any atom is -0.490 e. The number of ether oxygens (including phenoxy) is 2. The first kappa shape index (κ1) is 23.5. The van der Waals surface area contributed by atoms with Crippen molar-refractivity contribution in [3.63, 3.8) is 0 Å². The fraction of sp³-hybridized carbons (Fsp3) is 0.417. The van der Waals surface area contributed by atoms with Crippen LogP contribution < -0.4 is 19.7 Å². The van der Waals surface area contributed by atoms with E-state index < -0.39 is 6.61 Å². The summed E-state index contributed by atoms with van der Waals surface area (Å²) in [5.41, 5.74) is 1.54. The number of halogens is 2. The van der Waals surface area contributed by atoms with E-state index in [0.717, 1.165) is 30.4 Å². The quantitative estimate of drug-likeness (QED) is 0.570. The maximum Gasteiger partial charge on any atom is 0.387 e. The van der Waals surface area contributed by atoms with Crippen LogP contribution in [0.3, 0.4) is 0 Å². The van der Waals surface area contributed by atoms with Crippen LogP contribution in [-0.4, -0.2) is 37.2 Å². The molecule has 6 nitrogen and oxygen atoms in total. The summed E-state index contributed by atoms with van der Waals surface area (Å²) in [4.78, 5) is 19.0. The molecule has 2 heterocycles. The minimum atomic E-state index is -2.94. The van der Waals surface area contributed by atoms with E-state index in [1.807, 2.05) is 12.1 Å². The van der Waals surface area contributed by atoms with Crippen LogP contribution in [-0.2, 0) is 11.3 Å². The Balaban J connectivity index is 1.52. The van der Waals surface area contributed by atoms with Gasteiger partial charge in [-0.05, 0) is 61.1 Å². The summed E-state index contributed by atoms with van der Waals surface area (Å²) in [5, 5.41) is 2.82. The number of amides is 1. The molecule has 1 aliphatic heterocycles. The molecule has 1 aromatic carbocycles. The van der Waals surface area contributed by atoms with Gasteiger partial charge in [-0.25, -0.2) is 4.98 Å². The zero-order valence-corrected chi connectivity index (χ0v) is 18.4. The van der Waals surface area contributed by atoms with Crippen LogP contribution in [0.15, 0.2) is 42.6 Å². The fourth-order valence-corrected chi connectivity index (χ4v) is 3.46. The van der Waals surface area contributed by atoms with Crippen molar-refractivity contribution in [1.82, 2.24) is 10.3 Å². The largest absolute Gasteiger partial charge is 0.490 e. The first-order valence-electron chi connectivity index (χ1n) is 10.8. The zero-order valence-electron chi connectivity index (χ0n) is 18.4. The Labute approximate surface area is 187 Å². The molecule has 0 radical (unpaired) electrons. The number of carbonyl (C=O) groups excluding carboxylic acids is 1. The van der Waals surface area contributed by atoms with Crippen molar-refractivity contribution in [1.29, 1.82) is 0 Å². The van der Waals surface area contributed by atoms with Crippen LogP contribution in [0.1, 0.15) is 37.8 Å². The van der Waals surface area contributed by atoms with E-state index in [-0.39, 0.29) is 17.4 Å². The van der Waals surface area contributed by atoms with Gasteiger partial charge < -0.3 is 19.7 Å². The number of alkyl halides is 2. The van der Waals surface area contributed by atoms with Gasteiger partial charge in [-0.15, -0.1) is 0 Å². The standard InChI is InChI=1S/C24H29F2N3O3/c1-3-31-21-14-18(4-7-20(21)32-24(25)26)6-9-23(30)28-16-19-5-8-22(27-15-19)29-12-10-17(2)11-13-29/h4-9,14-15,17,24H,3,10-13,16H2,1-2H3,(H,28,30)/b9-6+. The molecule has 172 valence electrons. The fourth-order valence-electron chi connectivity index (χ4n) is 3.46. The van der Waals surface area contributed by atoms with E-state index in [0.29, 0.717) is 18.7 Å². The molecule has 3 rings (SSSR count). The van der Waals surface area contributed by atoms with E-state index in [4.69, 9.17) is 4.74 Å². The lowest BCUT2D eigenvalue weighted by Crippen LogP contribution is -2.33. The van der Waals surface area contributed by atoms with E-state index in [9.17, 15) is 13.6 Å². The van der Waals surface area contributed by atoms with Gasteiger partial charge in [-0.1, -0.05) is 19.1 Å². The Kier molecular flexibility index (Phi) is 8.41. The van der Waals surface area contributed by atoms with Crippen LogP contribution in [0.25, 0.3) is 6.08 Å². The first-order chi connectivity index (χ1) is 15.4. The third-order valence-corrected chi connectivity index (χ3v) is 5.29. The molecule has 8 heteroatoms. The van der Waals surface area contributed by atoms with Crippen molar-refractivity contribution in [2.45, 2.75) is 39.8 Å². The number of hydrogen-bond donors (Lipinski definition) is 1. The number of rotatable bonds is 9. The van der Waals surface area contributed by atoms with Crippen molar-refractivity contribution in [3.8, 4) is 11.5 Å². The Morgan fingerprint density at radius 2 is 2.03 bits per heavy atom. The summed E-state index contributed by atoms with van der Waals surface area (Å²) in [5.74, 6) is 1.62. The molecule has 1 saturated heterocycles. The number of pyridine rings is 1. The van der Waals surface area contributed by atoms with E-state index in [1.54, 1.807) is 31.3 Å². The average molecular weight is 446 g/mol. The number of anilines is 1. The maximum absolute atomic E-state index is 12.5. The van der Waals surface area contributed by atoms with Gasteiger partial charge in [-0.2, -0.15) is 8.78 Å². The summed E-state index contributed by atoms with van der Waals surface area (Å²) in [7, 11) is 0. The number of nitrogens with one attached hydrogen (secondary N) is 1. The summed E-state index contributed by atoms with van der Waals surface area (Å²) >= 11 is 0. The molecule has 1 fully saturated rings. The topological polar surface area (TPSA) is 63.7 Å². The molecule has 0 spiro atoms.